The molecule has 3 heterocycles. The first-order chi connectivity index (χ1) is 11.8. The number of fused-ring (bicyclic) bond motifs is 1. The zero-order valence-electron chi connectivity index (χ0n) is 15.0. The smallest absolute Gasteiger partial charge is 0.208 e. The van der Waals surface area contributed by atoms with Crippen molar-refractivity contribution in [2.45, 2.75) is 45.4 Å². The lowest BCUT2D eigenvalue weighted by molar-refractivity contribution is 0.172. The van der Waals surface area contributed by atoms with Gasteiger partial charge in [0.25, 0.3) is 0 Å². The van der Waals surface area contributed by atoms with E-state index in [0.29, 0.717) is 12.6 Å². The number of hydrogen-bond donors (Lipinski definition) is 1. The van der Waals surface area contributed by atoms with E-state index in [1.165, 1.54) is 11.8 Å². The van der Waals surface area contributed by atoms with Crippen molar-refractivity contribution in [1.82, 2.24) is 29.0 Å². The molecule has 25 heavy (non-hydrogen) atoms. The summed E-state index contributed by atoms with van der Waals surface area (Å²) in [6, 6.07) is 0.562. The van der Waals surface area contributed by atoms with Gasteiger partial charge in [0.1, 0.15) is 0 Å². The van der Waals surface area contributed by atoms with E-state index in [0.717, 1.165) is 31.7 Å². The van der Waals surface area contributed by atoms with E-state index in [9.17, 15) is 8.42 Å². The van der Waals surface area contributed by atoms with Crippen LogP contribution < -0.4 is 4.72 Å². The van der Waals surface area contributed by atoms with Crippen LogP contribution >= 0.6 is 0 Å². The molecule has 0 unspecified atom stereocenters. The molecule has 0 amide bonds. The van der Waals surface area contributed by atoms with E-state index in [1.807, 2.05) is 23.4 Å². The van der Waals surface area contributed by atoms with E-state index >= 15 is 0 Å². The van der Waals surface area contributed by atoms with Crippen molar-refractivity contribution in [3.63, 3.8) is 0 Å². The molecule has 2 aromatic heterocycles. The van der Waals surface area contributed by atoms with Gasteiger partial charge >= 0.3 is 0 Å². The highest BCUT2D eigenvalue weighted by molar-refractivity contribution is 7.88. The summed E-state index contributed by atoms with van der Waals surface area (Å²) < 4.78 is 29.3. The SMILES string of the molecule is CC(C)n1cc(CN2Cc3cncn3[C@@H](CCNS(C)(=O)=O)C2)cn1. The van der Waals surface area contributed by atoms with Gasteiger partial charge in [0, 0.05) is 56.2 Å². The van der Waals surface area contributed by atoms with Gasteiger partial charge in [-0.3, -0.25) is 9.58 Å². The summed E-state index contributed by atoms with van der Waals surface area (Å²) in [5.74, 6) is 0. The number of nitrogens with one attached hydrogen (secondary N) is 1. The molecule has 3 rings (SSSR count). The van der Waals surface area contributed by atoms with Crippen LogP contribution in [0.5, 0.6) is 0 Å². The molecular weight excluding hydrogens is 340 g/mol. The van der Waals surface area contributed by atoms with Crippen molar-refractivity contribution in [1.29, 1.82) is 0 Å². The van der Waals surface area contributed by atoms with Crippen molar-refractivity contribution >= 4 is 10.0 Å². The van der Waals surface area contributed by atoms with Crippen molar-refractivity contribution in [2.75, 3.05) is 19.3 Å². The molecular formula is C16H26N6O2S. The second kappa shape index (κ2) is 7.27. The Morgan fingerprint density at radius 2 is 2.16 bits per heavy atom. The predicted octanol–water partition coefficient (Wildman–Crippen LogP) is 1.16. The van der Waals surface area contributed by atoms with Gasteiger partial charge in [0.2, 0.25) is 10.0 Å². The molecule has 0 fully saturated rings. The average Bonchev–Trinajstić information content (AvgIpc) is 3.14. The number of imidazole rings is 1. The lowest BCUT2D eigenvalue weighted by Gasteiger charge is -2.34. The fourth-order valence-corrected chi connectivity index (χ4v) is 3.71. The quantitative estimate of drug-likeness (QED) is 0.795. The maximum absolute atomic E-state index is 11.3. The predicted molar refractivity (Wildman–Crippen MR) is 95.5 cm³/mol. The highest BCUT2D eigenvalue weighted by Gasteiger charge is 2.25. The molecule has 1 atom stereocenters. The minimum atomic E-state index is -3.16. The van der Waals surface area contributed by atoms with Crippen molar-refractivity contribution in [3.05, 3.63) is 36.2 Å². The third kappa shape index (κ3) is 4.68. The Bertz CT molecular complexity index is 810. The zero-order valence-corrected chi connectivity index (χ0v) is 15.8. The monoisotopic (exact) mass is 366 g/mol. The van der Waals surface area contributed by atoms with Crippen LogP contribution in [0.25, 0.3) is 0 Å². The lowest BCUT2D eigenvalue weighted by Crippen LogP contribution is -2.38. The van der Waals surface area contributed by atoms with Crippen LogP contribution in [0.1, 0.15) is 43.6 Å². The summed E-state index contributed by atoms with van der Waals surface area (Å²) in [6.45, 7) is 7.18. The Balaban J connectivity index is 1.66. The molecule has 0 saturated heterocycles. The molecule has 1 aliphatic rings. The minimum absolute atomic E-state index is 0.209. The molecule has 0 aliphatic carbocycles. The van der Waals surface area contributed by atoms with Crippen molar-refractivity contribution in [3.8, 4) is 0 Å². The number of nitrogens with zero attached hydrogens (tertiary/aromatic N) is 5. The molecule has 1 N–H and O–H groups in total. The van der Waals surface area contributed by atoms with Gasteiger partial charge in [-0.25, -0.2) is 18.1 Å². The molecule has 0 bridgehead atoms. The van der Waals surface area contributed by atoms with E-state index in [1.54, 1.807) is 0 Å². The fraction of sp³-hybridized carbons (Fsp3) is 0.625. The first-order valence-corrected chi connectivity index (χ1v) is 10.4. The third-order valence-corrected chi connectivity index (χ3v) is 5.15. The highest BCUT2D eigenvalue weighted by atomic mass is 32.2. The minimum Gasteiger partial charge on any atom is -0.329 e. The summed E-state index contributed by atoms with van der Waals surface area (Å²) in [5, 5.41) is 4.41. The molecule has 0 saturated carbocycles. The van der Waals surface area contributed by atoms with E-state index < -0.39 is 10.0 Å². The summed E-state index contributed by atoms with van der Waals surface area (Å²) in [4.78, 5) is 6.63. The topological polar surface area (TPSA) is 85.0 Å². The zero-order chi connectivity index (χ0) is 18.0. The molecule has 0 spiro atoms. The molecule has 0 aromatic carbocycles. The number of aromatic nitrogens is 4. The standard InChI is InChI=1S/C16H26N6O2S/c1-13(2)22-9-14(6-18-22)8-20-10-15(4-5-19-25(3,23)24)21-12-17-7-16(21)11-20/h6-7,9,12-13,15,19H,4-5,8,10-11H2,1-3H3/t15-/m0/s1. The number of hydrogen-bond acceptors (Lipinski definition) is 5. The highest BCUT2D eigenvalue weighted by Crippen LogP contribution is 2.24. The molecule has 1 aliphatic heterocycles. The maximum atomic E-state index is 11.3. The number of rotatable bonds is 7. The van der Waals surface area contributed by atoms with Crippen LogP contribution in [0.3, 0.4) is 0 Å². The Kier molecular flexibility index (Phi) is 5.26. The van der Waals surface area contributed by atoms with E-state index in [4.69, 9.17) is 0 Å². The maximum Gasteiger partial charge on any atom is 0.208 e. The lowest BCUT2D eigenvalue weighted by atomic mass is 10.1. The van der Waals surface area contributed by atoms with E-state index in [2.05, 4.69) is 44.3 Å². The van der Waals surface area contributed by atoms with Crippen LogP contribution in [0.15, 0.2) is 24.9 Å². The summed E-state index contributed by atoms with van der Waals surface area (Å²) in [5.41, 5.74) is 2.35. The molecule has 9 heteroatoms. The second-order valence-electron chi connectivity index (χ2n) is 6.99. The third-order valence-electron chi connectivity index (χ3n) is 4.43. The van der Waals surface area contributed by atoms with Gasteiger partial charge in [-0.05, 0) is 20.3 Å². The first-order valence-electron chi connectivity index (χ1n) is 8.52. The molecule has 2 aromatic rings. The Labute approximate surface area is 148 Å². The summed E-state index contributed by atoms with van der Waals surface area (Å²) in [6.07, 6.45) is 9.67. The van der Waals surface area contributed by atoms with Crippen LogP contribution in [0.2, 0.25) is 0 Å². The molecule has 0 radical (unpaired) electrons. The van der Waals surface area contributed by atoms with Gasteiger partial charge in [0.05, 0.1) is 24.5 Å². The average molecular weight is 366 g/mol. The van der Waals surface area contributed by atoms with Crippen molar-refractivity contribution in [2.24, 2.45) is 0 Å². The van der Waals surface area contributed by atoms with Gasteiger partial charge in [-0.15, -0.1) is 0 Å². The first kappa shape index (κ1) is 18.1. The van der Waals surface area contributed by atoms with E-state index in [-0.39, 0.29) is 6.04 Å². The number of sulfonamides is 1. The molecule has 8 nitrogen and oxygen atoms in total. The fourth-order valence-electron chi connectivity index (χ4n) is 3.22. The van der Waals surface area contributed by atoms with Crippen LogP contribution in [0, 0.1) is 0 Å². The molecule has 138 valence electrons. The Hall–Kier alpha value is -1.71. The van der Waals surface area contributed by atoms with Gasteiger partial charge in [-0.1, -0.05) is 0 Å². The van der Waals surface area contributed by atoms with Gasteiger partial charge in [0.15, 0.2) is 0 Å². The second-order valence-corrected chi connectivity index (χ2v) is 8.83. The Morgan fingerprint density at radius 3 is 2.84 bits per heavy atom. The van der Waals surface area contributed by atoms with Crippen LogP contribution in [-0.4, -0.2) is 52.0 Å². The summed E-state index contributed by atoms with van der Waals surface area (Å²) in [7, 11) is -3.16. The van der Waals surface area contributed by atoms with Crippen LogP contribution in [0.4, 0.5) is 0 Å². The van der Waals surface area contributed by atoms with Gasteiger partial charge in [-0.2, -0.15) is 5.10 Å². The normalized spacial score (nSPS) is 18.6. The largest absolute Gasteiger partial charge is 0.329 e. The Morgan fingerprint density at radius 1 is 1.36 bits per heavy atom. The van der Waals surface area contributed by atoms with Crippen molar-refractivity contribution < 1.29 is 8.42 Å². The summed E-state index contributed by atoms with van der Waals surface area (Å²) >= 11 is 0. The van der Waals surface area contributed by atoms with Crippen LogP contribution in [-0.2, 0) is 23.1 Å². The van der Waals surface area contributed by atoms with Gasteiger partial charge < -0.3 is 4.57 Å².